The minimum atomic E-state index is -0.876. The average molecular weight is 289 g/mol. The Balaban J connectivity index is 2.29. The molecule has 0 aliphatic rings. The zero-order chi connectivity index (χ0) is 13.3. The third-order valence-corrected chi connectivity index (χ3v) is 2.88. The standard InChI is InChI=1S/C11H10Cl2N2O3/c1-15(3-2-9(16)17)11-14-8-5-6(12)4-7(13)10(8)18-11/h4-5H,2-3H2,1H3,(H,16,17). The number of nitrogens with zero attached hydrogens (tertiary/aromatic N) is 2. The number of carboxylic acid groups (broad SMARTS) is 1. The van der Waals surface area contributed by atoms with Crippen LogP contribution in [0.15, 0.2) is 16.5 Å². The van der Waals surface area contributed by atoms with E-state index in [9.17, 15) is 4.79 Å². The van der Waals surface area contributed by atoms with Crippen LogP contribution in [0.5, 0.6) is 0 Å². The maximum absolute atomic E-state index is 10.5. The number of anilines is 1. The van der Waals surface area contributed by atoms with Gasteiger partial charge in [0.15, 0.2) is 5.58 Å². The molecule has 0 fully saturated rings. The number of hydrogen-bond acceptors (Lipinski definition) is 4. The van der Waals surface area contributed by atoms with E-state index >= 15 is 0 Å². The summed E-state index contributed by atoms with van der Waals surface area (Å²) in [6, 6.07) is 3.52. The molecule has 0 aliphatic heterocycles. The first kappa shape index (κ1) is 13.0. The topological polar surface area (TPSA) is 66.6 Å². The van der Waals surface area contributed by atoms with Gasteiger partial charge in [0.05, 0.1) is 11.4 Å². The van der Waals surface area contributed by atoms with Crippen molar-refractivity contribution in [3.8, 4) is 0 Å². The molecule has 18 heavy (non-hydrogen) atoms. The van der Waals surface area contributed by atoms with E-state index in [0.29, 0.717) is 33.7 Å². The summed E-state index contributed by atoms with van der Waals surface area (Å²) in [4.78, 5) is 16.3. The Labute approximate surface area is 113 Å². The molecule has 1 aromatic carbocycles. The number of carbonyl (C=O) groups is 1. The van der Waals surface area contributed by atoms with Crippen molar-refractivity contribution in [1.29, 1.82) is 0 Å². The van der Waals surface area contributed by atoms with Crippen LogP contribution in [0.25, 0.3) is 11.1 Å². The molecule has 1 aromatic heterocycles. The van der Waals surface area contributed by atoms with Gasteiger partial charge >= 0.3 is 5.97 Å². The average Bonchev–Trinajstić information content (AvgIpc) is 2.69. The molecular formula is C11H10Cl2N2O3. The van der Waals surface area contributed by atoms with Gasteiger partial charge in [-0.3, -0.25) is 4.79 Å². The van der Waals surface area contributed by atoms with Crippen LogP contribution in [0.3, 0.4) is 0 Å². The Kier molecular flexibility index (Phi) is 3.63. The lowest BCUT2D eigenvalue weighted by Crippen LogP contribution is -2.21. The molecule has 0 unspecified atom stereocenters. The molecule has 2 rings (SSSR count). The number of aromatic nitrogens is 1. The van der Waals surface area contributed by atoms with Gasteiger partial charge in [0.1, 0.15) is 5.52 Å². The number of aliphatic carboxylic acids is 1. The first-order chi connectivity index (χ1) is 8.47. The predicted octanol–water partition coefficient (Wildman–Crippen LogP) is 3.05. The highest BCUT2D eigenvalue weighted by Crippen LogP contribution is 2.30. The van der Waals surface area contributed by atoms with E-state index in [-0.39, 0.29) is 6.42 Å². The summed E-state index contributed by atoms with van der Waals surface area (Å²) in [6.45, 7) is 0.299. The second-order valence-electron chi connectivity index (χ2n) is 3.80. The van der Waals surface area contributed by atoms with E-state index in [4.69, 9.17) is 32.7 Å². The maximum atomic E-state index is 10.5. The summed E-state index contributed by atoms with van der Waals surface area (Å²) in [5, 5.41) is 9.46. The number of rotatable bonds is 4. The second-order valence-corrected chi connectivity index (χ2v) is 4.64. The number of hydrogen-bond donors (Lipinski definition) is 1. The van der Waals surface area contributed by atoms with E-state index in [1.54, 1.807) is 24.1 Å². The van der Waals surface area contributed by atoms with Crippen molar-refractivity contribution in [3.63, 3.8) is 0 Å². The fraction of sp³-hybridized carbons (Fsp3) is 0.273. The molecule has 0 bridgehead atoms. The van der Waals surface area contributed by atoms with Crippen molar-refractivity contribution in [3.05, 3.63) is 22.2 Å². The minimum Gasteiger partial charge on any atom is -0.481 e. The maximum Gasteiger partial charge on any atom is 0.305 e. The molecule has 7 heteroatoms. The van der Waals surface area contributed by atoms with Crippen LogP contribution < -0.4 is 4.90 Å². The fourth-order valence-electron chi connectivity index (χ4n) is 1.47. The molecule has 0 aliphatic carbocycles. The zero-order valence-electron chi connectivity index (χ0n) is 9.48. The van der Waals surface area contributed by atoms with E-state index in [1.807, 2.05) is 0 Å². The molecule has 1 heterocycles. The monoisotopic (exact) mass is 288 g/mol. The Morgan fingerprint density at radius 2 is 2.22 bits per heavy atom. The molecule has 0 atom stereocenters. The second kappa shape index (κ2) is 5.04. The lowest BCUT2D eigenvalue weighted by molar-refractivity contribution is -0.136. The zero-order valence-corrected chi connectivity index (χ0v) is 11.0. The van der Waals surface area contributed by atoms with Crippen molar-refractivity contribution < 1.29 is 14.3 Å². The number of halogens is 2. The smallest absolute Gasteiger partial charge is 0.305 e. The minimum absolute atomic E-state index is 0.00368. The van der Waals surface area contributed by atoms with Crippen LogP contribution in [0, 0.1) is 0 Å². The molecular weight excluding hydrogens is 279 g/mol. The van der Waals surface area contributed by atoms with Crippen LogP contribution in [0.2, 0.25) is 10.0 Å². The van der Waals surface area contributed by atoms with Gasteiger partial charge in [0.25, 0.3) is 6.01 Å². The van der Waals surface area contributed by atoms with E-state index in [2.05, 4.69) is 4.98 Å². The third kappa shape index (κ3) is 2.68. The van der Waals surface area contributed by atoms with Gasteiger partial charge in [-0.25, -0.2) is 0 Å². The summed E-state index contributed by atoms with van der Waals surface area (Å²) < 4.78 is 5.48. The summed E-state index contributed by atoms with van der Waals surface area (Å²) >= 11 is 11.8. The van der Waals surface area contributed by atoms with Crippen LogP contribution in [0.4, 0.5) is 6.01 Å². The van der Waals surface area contributed by atoms with Crippen LogP contribution in [0.1, 0.15) is 6.42 Å². The summed E-state index contributed by atoms with van der Waals surface area (Å²) in [5.74, 6) is -0.876. The largest absolute Gasteiger partial charge is 0.481 e. The van der Waals surface area contributed by atoms with Crippen LogP contribution in [-0.2, 0) is 4.79 Å². The quantitative estimate of drug-likeness (QED) is 0.937. The molecule has 96 valence electrons. The number of oxazole rings is 1. The van der Waals surface area contributed by atoms with E-state index in [0.717, 1.165) is 0 Å². The first-order valence-electron chi connectivity index (χ1n) is 5.16. The number of benzene rings is 1. The van der Waals surface area contributed by atoms with Crippen LogP contribution >= 0.6 is 23.2 Å². The lowest BCUT2D eigenvalue weighted by atomic mass is 10.3. The van der Waals surface area contributed by atoms with Gasteiger partial charge in [0, 0.05) is 18.6 Å². The van der Waals surface area contributed by atoms with Crippen molar-refractivity contribution in [2.45, 2.75) is 6.42 Å². The molecule has 5 nitrogen and oxygen atoms in total. The van der Waals surface area contributed by atoms with Gasteiger partial charge in [-0.2, -0.15) is 4.98 Å². The van der Waals surface area contributed by atoms with Crippen molar-refractivity contribution in [2.75, 3.05) is 18.5 Å². The summed E-state index contributed by atoms with van der Waals surface area (Å²) in [6.07, 6.45) is 0.00368. The van der Waals surface area contributed by atoms with Crippen molar-refractivity contribution >= 4 is 46.3 Å². The molecule has 0 radical (unpaired) electrons. The Morgan fingerprint density at radius 1 is 1.50 bits per heavy atom. The summed E-state index contributed by atoms with van der Waals surface area (Å²) in [5.41, 5.74) is 0.989. The van der Waals surface area contributed by atoms with Crippen LogP contribution in [-0.4, -0.2) is 29.7 Å². The van der Waals surface area contributed by atoms with Gasteiger partial charge in [-0.15, -0.1) is 0 Å². The van der Waals surface area contributed by atoms with Gasteiger partial charge < -0.3 is 14.4 Å². The van der Waals surface area contributed by atoms with Crippen molar-refractivity contribution in [1.82, 2.24) is 4.98 Å². The van der Waals surface area contributed by atoms with Crippen molar-refractivity contribution in [2.24, 2.45) is 0 Å². The highest BCUT2D eigenvalue weighted by Gasteiger charge is 2.14. The Bertz CT molecular complexity index is 597. The lowest BCUT2D eigenvalue weighted by Gasteiger charge is -2.11. The first-order valence-corrected chi connectivity index (χ1v) is 5.91. The normalized spacial score (nSPS) is 10.8. The van der Waals surface area contributed by atoms with Gasteiger partial charge in [-0.05, 0) is 12.1 Å². The summed E-state index contributed by atoms with van der Waals surface area (Å²) in [7, 11) is 1.70. The molecule has 0 amide bonds. The Morgan fingerprint density at radius 3 is 2.89 bits per heavy atom. The molecule has 0 saturated heterocycles. The van der Waals surface area contributed by atoms with Gasteiger partial charge in [0.2, 0.25) is 0 Å². The third-order valence-electron chi connectivity index (χ3n) is 2.39. The predicted molar refractivity (Wildman–Crippen MR) is 69.6 cm³/mol. The SMILES string of the molecule is CN(CCC(=O)O)c1nc2cc(Cl)cc(Cl)c2o1. The molecule has 0 spiro atoms. The number of fused-ring (bicyclic) bond motifs is 1. The highest BCUT2D eigenvalue weighted by molar-refractivity contribution is 6.38. The highest BCUT2D eigenvalue weighted by atomic mass is 35.5. The van der Waals surface area contributed by atoms with E-state index in [1.165, 1.54) is 0 Å². The molecule has 0 saturated carbocycles. The number of carboxylic acids is 1. The Hall–Kier alpha value is -1.46. The molecule has 1 N–H and O–H groups in total. The fourth-order valence-corrected chi connectivity index (χ4v) is 1.99. The van der Waals surface area contributed by atoms with Gasteiger partial charge in [-0.1, -0.05) is 23.2 Å². The van der Waals surface area contributed by atoms with E-state index < -0.39 is 5.97 Å². The molecule has 2 aromatic rings.